The summed E-state index contributed by atoms with van der Waals surface area (Å²) in [7, 11) is 0. The van der Waals surface area contributed by atoms with Crippen LogP contribution in [0.15, 0.2) is 36.5 Å². The first-order valence-electron chi connectivity index (χ1n) is 7.61. The first kappa shape index (κ1) is 14.6. The molecule has 1 heterocycles. The van der Waals surface area contributed by atoms with Crippen LogP contribution < -0.4 is 5.32 Å². The monoisotopic (exact) mass is 271 g/mol. The molecule has 0 atom stereocenters. The van der Waals surface area contributed by atoms with Crippen LogP contribution in [0.4, 0.5) is 5.95 Å². The zero-order valence-electron chi connectivity index (χ0n) is 12.6. The lowest BCUT2D eigenvalue weighted by Gasteiger charge is -2.09. The van der Waals surface area contributed by atoms with Gasteiger partial charge in [0.2, 0.25) is 5.95 Å². The third-order valence-corrected chi connectivity index (χ3v) is 3.42. The van der Waals surface area contributed by atoms with Crippen molar-refractivity contribution in [3.8, 4) is 0 Å². The van der Waals surface area contributed by atoms with Crippen molar-refractivity contribution in [3.63, 3.8) is 0 Å². The van der Waals surface area contributed by atoms with Crippen LogP contribution in [-0.4, -0.2) is 16.1 Å². The predicted octanol–water partition coefficient (Wildman–Crippen LogP) is 4.04. The molecule has 1 aromatic carbocycles. The molecule has 3 nitrogen and oxygen atoms in total. The summed E-state index contributed by atoms with van der Waals surface area (Å²) < 4.78 is 2.24. The number of nitrogens with zero attached hydrogens (tertiary/aromatic N) is 2. The minimum atomic E-state index is 1.01. The molecule has 1 N–H and O–H groups in total. The van der Waals surface area contributed by atoms with Crippen molar-refractivity contribution in [2.45, 2.75) is 46.1 Å². The normalized spacial score (nSPS) is 10.7. The van der Waals surface area contributed by atoms with Crippen molar-refractivity contribution in [2.75, 3.05) is 11.9 Å². The Kier molecular flexibility index (Phi) is 5.66. The summed E-state index contributed by atoms with van der Waals surface area (Å²) >= 11 is 0. The highest BCUT2D eigenvalue weighted by Crippen LogP contribution is 2.11. The molecule has 0 saturated carbocycles. The smallest absolute Gasteiger partial charge is 0.203 e. The Hall–Kier alpha value is -1.77. The molecule has 0 unspecified atom stereocenters. The van der Waals surface area contributed by atoms with Gasteiger partial charge in [0.1, 0.15) is 0 Å². The van der Waals surface area contributed by atoms with E-state index in [1.807, 2.05) is 0 Å². The molecule has 0 aliphatic heterocycles. The van der Waals surface area contributed by atoms with Gasteiger partial charge < -0.3 is 9.88 Å². The topological polar surface area (TPSA) is 29.9 Å². The summed E-state index contributed by atoms with van der Waals surface area (Å²) in [6, 6.07) is 10.7. The quantitative estimate of drug-likeness (QED) is 0.734. The lowest BCUT2D eigenvalue weighted by molar-refractivity contribution is 0.644. The molecule has 2 rings (SSSR count). The molecule has 0 amide bonds. The molecule has 0 aliphatic carbocycles. The van der Waals surface area contributed by atoms with Gasteiger partial charge in [-0.15, -0.1) is 0 Å². The van der Waals surface area contributed by atoms with Crippen molar-refractivity contribution >= 4 is 5.95 Å². The van der Waals surface area contributed by atoms with E-state index < -0.39 is 0 Å². The Bertz CT molecular complexity index is 502. The number of benzene rings is 1. The Morgan fingerprint density at radius 1 is 1.15 bits per heavy atom. The first-order chi connectivity index (χ1) is 9.79. The fraction of sp³-hybridized carbons (Fsp3) is 0.471. The Morgan fingerprint density at radius 3 is 2.70 bits per heavy atom. The molecule has 0 saturated heterocycles. The standard InChI is InChI=1S/C17H25N3/c1-3-4-12-18-17-19-15(2)14-20(17)13-8-11-16-9-6-5-7-10-16/h5-7,9-10,14H,3-4,8,11-13H2,1-2H3,(H,18,19). The molecule has 108 valence electrons. The Morgan fingerprint density at radius 2 is 1.95 bits per heavy atom. The second-order valence-corrected chi connectivity index (χ2v) is 5.27. The molecule has 0 bridgehead atoms. The molecule has 0 spiro atoms. The Balaban J connectivity index is 1.85. The van der Waals surface area contributed by atoms with Gasteiger partial charge >= 0.3 is 0 Å². The van der Waals surface area contributed by atoms with Crippen LogP contribution in [0.5, 0.6) is 0 Å². The lowest BCUT2D eigenvalue weighted by atomic mass is 10.1. The number of aryl methyl sites for hydroxylation is 3. The Labute approximate surface area is 122 Å². The van der Waals surface area contributed by atoms with E-state index in [4.69, 9.17) is 0 Å². The minimum Gasteiger partial charge on any atom is -0.356 e. The third-order valence-electron chi connectivity index (χ3n) is 3.42. The van der Waals surface area contributed by atoms with Crippen molar-refractivity contribution < 1.29 is 0 Å². The van der Waals surface area contributed by atoms with Gasteiger partial charge in [-0.1, -0.05) is 43.7 Å². The molecule has 20 heavy (non-hydrogen) atoms. The van der Waals surface area contributed by atoms with E-state index in [2.05, 4.69) is 65.2 Å². The minimum absolute atomic E-state index is 1.01. The number of nitrogens with one attached hydrogen (secondary N) is 1. The number of anilines is 1. The van der Waals surface area contributed by atoms with Crippen molar-refractivity contribution in [1.82, 2.24) is 9.55 Å². The van der Waals surface area contributed by atoms with E-state index in [1.54, 1.807) is 0 Å². The molecule has 0 fully saturated rings. The fourth-order valence-corrected chi connectivity index (χ4v) is 2.33. The lowest BCUT2D eigenvalue weighted by Crippen LogP contribution is -2.09. The van der Waals surface area contributed by atoms with E-state index >= 15 is 0 Å². The van der Waals surface area contributed by atoms with E-state index in [0.29, 0.717) is 0 Å². The molecule has 0 radical (unpaired) electrons. The zero-order chi connectivity index (χ0) is 14.2. The van der Waals surface area contributed by atoms with E-state index in [-0.39, 0.29) is 0 Å². The summed E-state index contributed by atoms with van der Waals surface area (Å²) in [6.45, 7) is 6.29. The van der Waals surface area contributed by atoms with Crippen LogP contribution in [-0.2, 0) is 13.0 Å². The summed E-state index contributed by atoms with van der Waals surface area (Å²) in [5.74, 6) is 1.02. The second-order valence-electron chi connectivity index (χ2n) is 5.27. The maximum absolute atomic E-state index is 4.56. The van der Waals surface area contributed by atoms with Gasteiger partial charge in [-0.05, 0) is 31.7 Å². The van der Waals surface area contributed by atoms with Gasteiger partial charge in [-0.25, -0.2) is 4.98 Å². The van der Waals surface area contributed by atoms with Gasteiger partial charge in [-0.3, -0.25) is 0 Å². The maximum atomic E-state index is 4.56. The average Bonchev–Trinajstić information content (AvgIpc) is 2.81. The van der Waals surface area contributed by atoms with E-state index in [9.17, 15) is 0 Å². The summed E-state index contributed by atoms with van der Waals surface area (Å²) in [6.07, 6.45) is 6.80. The summed E-state index contributed by atoms with van der Waals surface area (Å²) in [5.41, 5.74) is 2.49. The summed E-state index contributed by atoms with van der Waals surface area (Å²) in [5, 5.41) is 3.44. The van der Waals surface area contributed by atoms with Crippen molar-refractivity contribution in [1.29, 1.82) is 0 Å². The van der Waals surface area contributed by atoms with Gasteiger partial charge in [0.05, 0.1) is 5.69 Å². The fourth-order valence-electron chi connectivity index (χ4n) is 2.33. The number of unbranched alkanes of at least 4 members (excludes halogenated alkanes) is 1. The highest BCUT2D eigenvalue weighted by atomic mass is 15.2. The van der Waals surface area contributed by atoms with Crippen LogP contribution in [0.3, 0.4) is 0 Å². The van der Waals surface area contributed by atoms with Crippen LogP contribution in [0, 0.1) is 6.92 Å². The number of hydrogen-bond donors (Lipinski definition) is 1. The largest absolute Gasteiger partial charge is 0.356 e. The highest BCUT2D eigenvalue weighted by Gasteiger charge is 2.04. The number of rotatable bonds is 8. The molecule has 3 heteroatoms. The summed E-state index contributed by atoms with van der Waals surface area (Å²) in [4.78, 5) is 4.56. The van der Waals surface area contributed by atoms with E-state index in [1.165, 1.54) is 18.4 Å². The van der Waals surface area contributed by atoms with Crippen molar-refractivity contribution in [3.05, 3.63) is 47.8 Å². The SMILES string of the molecule is CCCCNc1nc(C)cn1CCCc1ccccc1. The molecule has 0 aliphatic rings. The molecular weight excluding hydrogens is 246 g/mol. The number of aromatic nitrogens is 2. The molecular formula is C17H25N3. The van der Waals surface area contributed by atoms with Crippen LogP contribution in [0.25, 0.3) is 0 Å². The number of imidazole rings is 1. The van der Waals surface area contributed by atoms with Crippen molar-refractivity contribution in [2.24, 2.45) is 0 Å². The van der Waals surface area contributed by atoms with Gasteiger partial charge in [0.15, 0.2) is 0 Å². The van der Waals surface area contributed by atoms with Crippen LogP contribution in [0.1, 0.15) is 37.4 Å². The van der Waals surface area contributed by atoms with Crippen LogP contribution in [0.2, 0.25) is 0 Å². The predicted molar refractivity (Wildman–Crippen MR) is 85.1 cm³/mol. The molecule has 1 aromatic heterocycles. The van der Waals surface area contributed by atoms with Gasteiger partial charge in [0, 0.05) is 19.3 Å². The molecule has 2 aromatic rings. The third kappa shape index (κ3) is 4.41. The van der Waals surface area contributed by atoms with Crippen LogP contribution >= 0.6 is 0 Å². The zero-order valence-corrected chi connectivity index (χ0v) is 12.6. The van der Waals surface area contributed by atoms with Gasteiger partial charge in [0.25, 0.3) is 0 Å². The number of hydrogen-bond acceptors (Lipinski definition) is 2. The average molecular weight is 271 g/mol. The maximum Gasteiger partial charge on any atom is 0.203 e. The first-order valence-corrected chi connectivity index (χ1v) is 7.61. The highest BCUT2D eigenvalue weighted by molar-refractivity contribution is 5.28. The van der Waals surface area contributed by atoms with E-state index in [0.717, 1.165) is 37.6 Å². The van der Waals surface area contributed by atoms with Gasteiger partial charge in [-0.2, -0.15) is 0 Å². The second kappa shape index (κ2) is 7.73.